The van der Waals surface area contributed by atoms with E-state index in [1.54, 1.807) is 18.2 Å². The van der Waals surface area contributed by atoms with Gasteiger partial charge in [-0.05, 0) is 41.9 Å². The van der Waals surface area contributed by atoms with Gasteiger partial charge in [0.05, 0.1) is 0 Å². The third-order valence-electron chi connectivity index (χ3n) is 3.63. The zero-order valence-electron chi connectivity index (χ0n) is 12.3. The highest BCUT2D eigenvalue weighted by atomic mass is 35.5. The molecule has 0 unspecified atom stereocenters. The number of aliphatic carboxylic acids is 1. The number of rotatable bonds is 4. The second-order valence-electron chi connectivity index (χ2n) is 6.30. The Labute approximate surface area is 131 Å². The standard InChI is InChI=1S/C14H20Cl2O3Si/c1-14(2,3)20(4,5)19-12(13(17)18)9-6-10(15)8-11(16)7-9/h6-8,12H,1-5H3,(H,17,18)/t12-/m1/s1. The number of carboxylic acids is 1. The zero-order chi connectivity index (χ0) is 15.7. The van der Waals surface area contributed by atoms with Crippen molar-refractivity contribution in [2.24, 2.45) is 0 Å². The van der Waals surface area contributed by atoms with Crippen molar-refractivity contribution in [2.75, 3.05) is 0 Å². The Hall–Kier alpha value is -0.553. The fourth-order valence-electron chi connectivity index (χ4n) is 1.46. The van der Waals surface area contributed by atoms with E-state index in [-0.39, 0.29) is 5.04 Å². The molecule has 0 aromatic heterocycles. The maximum atomic E-state index is 11.5. The lowest BCUT2D eigenvalue weighted by molar-refractivity contribution is -0.146. The summed E-state index contributed by atoms with van der Waals surface area (Å²) < 4.78 is 5.98. The van der Waals surface area contributed by atoms with Gasteiger partial charge in [0.25, 0.3) is 0 Å². The normalized spacial score (nSPS) is 14.2. The van der Waals surface area contributed by atoms with Crippen LogP contribution in [-0.2, 0) is 9.22 Å². The van der Waals surface area contributed by atoms with Gasteiger partial charge >= 0.3 is 5.97 Å². The van der Waals surface area contributed by atoms with Crippen LogP contribution in [0, 0.1) is 0 Å². The van der Waals surface area contributed by atoms with Crippen LogP contribution in [0.1, 0.15) is 32.4 Å². The van der Waals surface area contributed by atoms with Crippen molar-refractivity contribution in [1.82, 2.24) is 0 Å². The molecule has 112 valence electrons. The number of carboxylic acid groups (broad SMARTS) is 1. The van der Waals surface area contributed by atoms with Crippen LogP contribution >= 0.6 is 23.2 Å². The molecule has 3 nitrogen and oxygen atoms in total. The molecule has 0 aliphatic carbocycles. The van der Waals surface area contributed by atoms with Crippen molar-refractivity contribution >= 4 is 37.5 Å². The largest absolute Gasteiger partial charge is 0.479 e. The highest BCUT2D eigenvalue weighted by Gasteiger charge is 2.41. The maximum Gasteiger partial charge on any atom is 0.336 e. The minimum Gasteiger partial charge on any atom is -0.479 e. The third-order valence-corrected chi connectivity index (χ3v) is 8.50. The van der Waals surface area contributed by atoms with Gasteiger partial charge in [0.1, 0.15) is 0 Å². The molecular weight excluding hydrogens is 315 g/mol. The van der Waals surface area contributed by atoms with Gasteiger partial charge in [-0.1, -0.05) is 44.0 Å². The van der Waals surface area contributed by atoms with E-state index in [0.29, 0.717) is 15.6 Å². The van der Waals surface area contributed by atoms with E-state index in [1.807, 2.05) is 13.1 Å². The van der Waals surface area contributed by atoms with E-state index in [0.717, 1.165) is 0 Å². The molecular formula is C14H20Cl2O3Si. The van der Waals surface area contributed by atoms with Gasteiger partial charge in [-0.15, -0.1) is 0 Å². The van der Waals surface area contributed by atoms with Crippen LogP contribution < -0.4 is 0 Å². The molecule has 0 aliphatic rings. The van der Waals surface area contributed by atoms with Crippen molar-refractivity contribution in [3.8, 4) is 0 Å². The molecule has 0 aliphatic heterocycles. The van der Waals surface area contributed by atoms with E-state index >= 15 is 0 Å². The summed E-state index contributed by atoms with van der Waals surface area (Å²) in [6.07, 6.45) is -1.05. The average Bonchev–Trinajstić information content (AvgIpc) is 2.22. The van der Waals surface area contributed by atoms with Crippen LogP contribution in [0.5, 0.6) is 0 Å². The molecule has 0 heterocycles. The van der Waals surface area contributed by atoms with E-state index in [1.165, 1.54) is 0 Å². The quantitative estimate of drug-likeness (QED) is 0.775. The SMILES string of the molecule is CC(C)(C)[Si](C)(C)O[C@@H](C(=O)O)c1cc(Cl)cc(Cl)c1. The smallest absolute Gasteiger partial charge is 0.336 e. The summed E-state index contributed by atoms with van der Waals surface area (Å²) in [5.41, 5.74) is 0.472. The van der Waals surface area contributed by atoms with Crippen molar-refractivity contribution in [2.45, 2.75) is 45.0 Å². The molecule has 1 N–H and O–H groups in total. The molecule has 0 saturated carbocycles. The van der Waals surface area contributed by atoms with Crippen LogP contribution in [0.2, 0.25) is 28.2 Å². The Bertz CT molecular complexity index is 489. The van der Waals surface area contributed by atoms with Crippen LogP contribution in [-0.4, -0.2) is 19.4 Å². The predicted molar refractivity (Wildman–Crippen MR) is 85.1 cm³/mol. The lowest BCUT2D eigenvalue weighted by Crippen LogP contribution is -2.43. The van der Waals surface area contributed by atoms with Gasteiger partial charge in [0.2, 0.25) is 0 Å². The highest BCUT2D eigenvalue weighted by Crippen LogP contribution is 2.40. The third kappa shape index (κ3) is 4.22. The Morgan fingerprint density at radius 2 is 1.65 bits per heavy atom. The Morgan fingerprint density at radius 1 is 1.20 bits per heavy atom. The molecule has 0 saturated heterocycles. The molecule has 1 atom stereocenters. The van der Waals surface area contributed by atoms with Gasteiger partial charge in [-0.25, -0.2) is 4.79 Å². The molecule has 1 aromatic rings. The minimum absolute atomic E-state index is 0.0803. The van der Waals surface area contributed by atoms with Crippen molar-refractivity contribution in [1.29, 1.82) is 0 Å². The summed E-state index contributed by atoms with van der Waals surface area (Å²) in [5.74, 6) is -1.03. The van der Waals surface area contributed by atoms with Gasteiger partial charge in [-0.3, -0.25) is 0 Å². The number of hydrogen-bond donors (Lipinski definition) is 1. The van der Waals surface area contributed by atoms with Crippen LogP contribution in [0.4, 0.5) is 0 Å². The second-order valence-corrected chi connectivity index (χ2v) is 11.9. The molecule has 0 radical (unpaired) electrons. The van der Waals surface area contributed by atoms with Crippen molar-refractivity contribution in [3.05, 3.63) is 33.8 Å². The van der Waals surface area contributed by atoms with Gasteiger partial charge in [-0.2, -0.15) is 0 Å². The summed E-state index contributed by atoms with van der Waals surface area (Å²) in [5, 5.41) is 10.2. The first-order chi connectivity index (χ1) is 8.94. The zero-order valence-corrected chi connectivity index (χ0v) is 14.8. The fraction of sp³-hybridized carbons (Fsp3) is 0.500. The molecule has 0 bridgehead atoms. The summed E-state index contributed by atoms with van der Waals surface area (Å²) in [6, 6.07) is 4.73. The van der Waals surface area contributed by atoms with E-state index in [4.69, 9.17) is 27.6 Å². The number of carbonyl (C=O) groups is 1. The topological polar surface area (TPSA) is 46.5 Å². The average molecular weight is 335 g/mol. The molecule has 20 heavy (non-hydrogen) atoms. The second kappa shape index (κ2) is 6.06. The summed E-state index contributed by atoms with van der Waals surface area (Å²) in [4.78, 5) is 11.5. The lowest BCUT2D eigenvalue weighted by atomic mass is 10.1. The molecule has 0 spiro atoms. The van der Waals surface area contributed by atoms with E-state index in [2.05, 4.69) is 20.8 Å². The lowest BCUT2D eigenvalue weighted by Gasteiger charge is -2.38. The minimum atomic E-state index is -2.22. The van der Waals surface area contributed by atoms with Crippen LogP contribution in [0.25, 0.3) is 0 Å². The first-order valence-corrected chi connectivity index (χ1v) is 9.97. The molecule has 1 aromatic carbocycles. The number of hydrogen-bond acceptors (Lipinski definition) is 2. The molecule has 6 heteroatoms. The number of halogens is 2. The van der Waals surface area contributed by atoms with Crippen LogP contribution in [0.3, 0.4) is 0 Å². The van der Waals surface area contributed by atoms with E-state index in [9.17, 15) is 9.90 Å². The van der Waals surface area contributed by atoms with E-state index < -0.39 is 20.4 Å². The van der Waals surface area contributed by atoms with Gasteiger partial charge < -0.3 is 9.53 Å². The summed E-state index contributed by atoms with van der Waals surface area (Å²) >= 11 is 11.9. The molecule has 1 rings (SSSR count). The van der Waals surface area contributed by atoms with Crippen LogP contribution in [0.15, 0.2) is 18.2 Å². The molecule has 0 fully saturated rings. The first-order valence-electron chi connectivity index (χ1n) is 6.30. The first kappa shape index (κ1) is 17.5. The monoisotopic (exact) mass is 334 g/mol. The number of benzene rings is 1. The summed E-state index contributed by atoms with van der Waals surface area (Å²) in [7, 11) is -2.22. The predicted octanol–water partition coefficient (Wildman–Crippen LogP) is 5.14. The maximum absolute atomic E-state index is 11.5. The van der Waals surface area contributed by atoms with Crippen molar-refractivity contribution < 1.29 is 14.3 Å². The molecule has 0 amide bonds. The Balaban J connectivity index is 3.17. The van der Waals surface area contributed by atoms with Gasteiger partial charge in [0.15, 0.2) is 14.4 Å². The highest BCUT2D eigenvalue weighted by molar-refractivity contribution is 6.74. The fourth-order valence-corrected chi connectivity index (χ4v) is 3.18. The Kier molecular flexibility index (Phi) is 5.30. The Morgan fingerprint density at radius 3 is 2.00 bits per heavy atom. The van der Waals surface area contributed by atoms with Gasteiger partial charge in [0, 0.05) is 10.0 Å². The van der Waals surface area contributed by atoms with Crippen molar-refractivity contribution in [3.63, 3.8) is 0 Å². The summed E-state index contributed by atoms with van der Waals surface area (Å²) in [6.45, 7) is 10.2.